The molecule has 0 radical (unpaired) electrons. The largest absolute Gasteiger partial charge is 0.455 e. The number of furan rings is 1. The zero-order valence-corrected chi connectivity index (χ0v) is 18.2. The number of carbonyl (C=O) groups is 1. The number of nitrogens with zero attached hydrogens (tertiary/aromatic N) is 1. The molecule has 160 valence electrons. The van der Waals surface area contributed by atoms with E-state index < -0.39 is 11.5 Å². The van der Waals surface area contributed by atoms with Crippen molar-refractivity contribution >= 4 is 35.3 Å². The van der Waals surface area contributed by atoms with Crippen LogP contribution in [0.4, 0.5) is 0 Å². The van der Waals surface area contributed by atoms with Gasteiger partial charge in [-0.25, -0.2) is 5.43 Å². The minimum absolute atomic E-state index is 0.385. The van der Waals surface area contributed by atoms with E-state index in [-0.39, 0.29) is 0 Å². The molecule has 0 aliphatic heterocycles. The summed E-state index contributed by atoms with van der Waals surface area (Å²) in [4.78, 5) is 13.0. The van der Waals surface area contributed by atoms with Crippen molar-refractivity contribution in [3.8, 4) is 11.3 Å². The maximum absolute atomic E-state index is 13.0. The smallest absolute Gasteiger partial charge is 0.281 e. The van der Waals surface area contributed by atoms with Crippen molar-refractivity contribution < 1.29 is 14.3 Å². The van der Waals surface area contributed by atoms with Crippen LogP contribution in [0.3, 0.4) is 0 Å². The highest BCUT2D eigenvalue weighted by molar-refractivity contribution is 6.43. The van der Waals surface area contributed by atoms with Gasteiger partial charge in [0.2, 0.25) is 0 Å². The zero-order chi connectivity index (χ0) is 22.6. The van der Waals surface area contributed by atoms with Crippen molar-refractivity contribution in [1.29, 1.82) is 0 Å². The van der Waals surface area contributed by atoms with Crippen LogP contribution in [0.1, 0.15) is 16.9 Å². The van der Waals surface area contributed by atoms with Gasteiger partial charge in [-0.15, -0.1) is 0 Å². The van der Waals surface area contributed by atoms with E-state index in [9.17, 15) is 9.90 Å². The summed E-state index contributed by atoms with van der Waals surface area (Å²) in [6.45, 7) is 0. The van der Waals surface area contributed by atoms with Gasteiger partial charge in [0, 0.05) is 5.56 Å². The minimum atomic E-state index is -1.91. The Morgan fingerprint density at radius 2 is 1.50 bits per heavy atom. The molecule has 0 saturated carbocycles. The highest BCUT2D eigenvalue weighted by atomic mass is 35.5. The van der Waals surface area contributed by atoms with Gasteiger partial charge in [0.25, 0.3) is 5.91 Å². The van der Waals surface area contributed by atoms with Crippen LogP contribution in [0.5, 0.6) is 0 Å². The lowest BCUT2D eigenvalue weighted by Gasteiger charge is -2.26. The maximum Gasteiger partial charge on any atom is 0.281 e. The second-order valence-electron chi connectivity index (χ2n) is 6.94. The van der Waals surface area contributed by atoms with E-state index in [1.54, 1.807) is 78.9 Å². The molecular formula is C25H18Cl2N2O3. The predicted octanol–water partition coefficient (Wildman–Crippen LogP) is 5.64. The van der Waals surface area contributed by atoms with Crippen molar-refractivity contribution in [1.82, 2.24) is 5.43 Å². The summed E-state index contributed by atoms with van der Waals surface area (Å²) in [6, 6.07) is 26.0. The van der Waals surface area contributed by atoms with Crippen LogP contribution in [0, 0.1) is 0 Å². The van der Waals surface area contributed by atoms with Gasteiger partial charge in [0.1, 0.15) is 11.5 Å². The van der Waals surface area contributed by atoms with Gasteiger partial charge in [-0.05, 0) is 35.4 Å². The standard InChI is InChI=1S/C25H18Cl2N2O3/c26-21-13-7-12-20(23(21)27)22-15-14-19(32-22)16-28-29-24(30)25(31,17-8-3-1-4-9-17)18-10-5-2-6-11-18/h1-16,31H,(H,29,30)/b28-16-. The number of aliphatic hydroxyl groups is 1. The molecule has 32 heavy (non-hydrogen) atoms. The highest BCUT2D eigenvalue weighted by Gasteiger charge is 2.39. The van der Waals surface area contributed by atoms with Crippen LogP contribution in [0.15, 0.2) is 101 Å². The molecule has 0 spiro atoms. The monoisotopic (exact) mass is 464 g/mol. The number of halogens is 2. The van der Waals surface area contributed by atoms with E-state index >= 15 is 0 Å². The van der Waals surface area contributed by atoms with E-state index in [1.807, 2.05) is 12.1 Å². The third-order valence-corrected chi connectivity index (χ3v) is 5.73. The SMILES string of the molecule is O=C(N/N=C\c1ccc(-c2cccc(Cl)c2Cl)o1)C(O)(c1ccccc1)c1ccccc1. The Morgan fingerprint density at radius 3 is 2.12 bits per heavy atom. The molecule has 2 N–H and O–H groups in total. The molecule has 0 aliphatic carbocycles. The second-order valence-corrected chi connectivity index (χ2v) is 7.73. The number of rotatable bonds is 6. The number of hydrogen-bond donors (Lipinski definition) is 2. The second kappa shape index (κ2) is 9.40. The van der Waals surface area contributed by atoms with Crippen molar-refractivity contribution in [3.63, 3.8) is 0 Å². The van der Waals surface area contributed by atoms with Crippen LogP contribution in [0.2, 0.25) is 10.0 Å². The summed E-state index contributed by atoms with van der Waals surface area (Å²) < 4.78 is 5.74. The fraction of sp³-hybridized carbons (Fsp3) is 0.0400. The van der Waals surface area contributed by atoms with Gasteiger partial charge in [-0.1, -0.05) is 89.9 Å². The van der Waals surface area contributed by atoms with Crippen LogP contribution in [-0.4, -0.2) is 17.2 Å². The van der Waals surface area contributed by atoms with Gasteiger partial charge < -0.3 is 9.52 Å². The fourth-order valence-electron chi connectivity index (χ4n) is 3.28. The Bertz CT molecular complexity index is 1220. The first-order chi connectivity index (χ1) is 15.5. The summed E-state index contributed by atoms with van der Waals surface area (Å²) >= 11 is 12.3. The van der Waals surface area contributed by atoms with Crippen LogP contribution in [-0.2, 0) is 10.4 Å². The molecule has 0 bridgehead atoms. The Kier molecular flexibility index (Phi) is 6.42. The van der Waals surface area contributed by atoms with Crippen LogP contribution >= 0.6 is 23.2 Å². The zero-order valence-electron chi connectivity index (χ0n) is 16.7. The number of carbonyl (C=O) groups excluding carboxylic acids is 1. The van der Waals surface area contributed by atoms with Gasteiger partial charge in [0.15, 0.2) is 5.60 Å². The first kappa shape index (κ1) is 21.8. The molecule has 5 nitrogen and oxygen atoms in total. The summed E-state index contributed by atoms with van der Waals surface area (Å²) in [7, 11) is 0. The van der Waals surface area contributed by atoms with E-state index in [0.717, 1.165) is 0 Å². The third-order valence-electron chi connectivity index (χ3n) is 4.91. The van der Waals surface area contributed by atoms with E-state index in [0.29, 0.717) is 38.3 Å². The molecule has 0 unspecified atom stereocenters. The van der Waals surface area contributed by atoms with Crippen molar-refractivity contribution in [2.75, 3.05) is 0 Å². The molecule has 7 heteroatoms. The number of benzene rings is 3. The Hall–Kier alpha value is -3.38. The van der Waals surface area contributed by atoms with Crippen molar-refractivity contribution in [3.05, 3.63) is 118 Å². The fourth-order valence-corrected chi connectivity index (χ4v) is 3.68. The first-order valence-electron chi connectivity index (χ1n) is 9.71. The average molecular weight is 465 g/mol. The highest BCUT2D eigenvalue weighted by Crippen LogP contribution is 2.34. The van der Waals surface area contributed by atoms with Crippen LogP contribution < -0.4 is 5.43 Å². The van der Waals surface area contributed by atoms with Gasteiger partial charge in [-0.2, -0.15) is 5.10 Å². The topological polar surface area (TPSA) is 74.8 Å². The summed E-state index contributed by atoms with van der Waals surface area (Å²) in [6.07, 6.45) is 1.34. The maximum atomic E-state index is 13.0. The lowest BCUT2D eigenvalue weighted by atomic mass is 9.85. The average Bonchev–Trinajstić information content (AvgIpc) is 3.30. The molecule has 1 heterocycles. The van der Waals surface area contributed by atoms with Gasteiger partial charge in [-0.3, -0.25) is 4.79 Å². The number of nitrogens with one attached hydrogen (secondary N) is 1. The summed E-state index contributed by atoms with van der Waals surface area (Å²) in [5, 5.41) is 16.2. The van der Waals surface area contributed by atoms with E-state index in [1.165, 1.54) is 6.21 Å². The number of hydrazone groups is 1. The molecule has 1 amide bonds. The number of hydrogen-bond acceptors (Lipinski definition) is 4. The molecule has 4 rings (SSSR count). The van der Waals surface area contributed by atoms with E-state index in [4.69, 9.17) is 27.6 Å². The molecule has 0 fully saturated rings. The van der Waals surface area contributed by atoms with Crippen LogP contribution in [0.25, 0.3) is 11.3 Å². The quantitative estimate of drug-likeness (QED) is 0.286. The molecular weight excluding hydrogens is 447 g/mol. The molecule has 4 aromatic rings. The molecule has 3 aromatic carbocycles. The Balaban J connectivity index is 1.56. The Labute approximate surface area is 194 Å². The lowest BCUT2D eigenvalue weighted by molar-refractivity contribution is -0.136. The predicted molar refractivity (Wildman–Crippen MR) is 126 cm³/mol. The normalized spacial score (nSPS) is 11.6. The third kappa shape index (κ3) is 4.32. The van der Waals surface area contributed by atoms with Crippen molar-refractivity contribution in [2.24, 2.45) is 5.10 Å². The first-order valence-corrected chi connectivity index (χ1v) is 10.5. The molecule has 0 saturated heterocycles. The summed E-state index contributed by atoms with van der Waals surface area (Å²) in [5.41, 5.74) is 1.99. The lowest BCUT2D eigenvalue weighted by Crippen LogP contribution is -2.43. The minimum Gasteiger partial charge on any atom is -0.455 e. The van der Waals surface area contributed by atoms with E-state index in [2.05, 4.69) is 10.5 Å². The van der Waals surface area contributed by atoms with Gasteiger partial charge in [0.05, 0.1) is 16.3 Å². The molecule has 0 aliphatic rings. The van der Waals surface area contributed by atoms with Gasteiger partial charge >= 0.3 is 0 Å². The molecule has 1 aromatic heterocycles. The summed E-state index contributed by atoms with van der Waals surface area (Å²) in [5.74, 6) is 0.200. The molecule has 0 atom stereocenters. The Morgan fingerprint density at radius 1 is 0.875 bits per heavy atom. The van der Waals surface area contributed by atoms with Crippen molar-refractivity contribution in [2.45, 2.75) is 5.60 Å². The number of amides is 1.